The van der Waals surface area contributed by atoms with Crippen LogP contribution >= 0.6 is 11.3 Å². The maximum atomic E-state index is 6.32. The van der Waals surface area contributed by atoms with Crippen molar-refractivity contribution < 1.29 is 4.42 Å². The van der Waals surface area contributed by atoms with Gasteiger partial charge >= 0.3 is 0 Å². The van der Waals surface area contributed by atoms with Crippen molar-refractivity contribution in [1.29, 1.82) is 0 Å². The molecule has 0 N–H and O–H groups in total. The Hall–Kier alpha value is -4.34. The fourth-order valence-corrected chi connectivity index (χ4v) is 7.28. The molecule has 0 spiro atoms. The molecule has 0 aliphatic heterocycles. The molecule has 35 heavy (non-hydrogen) atoms. The van der Waals surface area contributed by atoms with Gasteiger partial charge in [0.05, 0.1) is 15.7 Å². The summed E-state index contributed by atoms with van der Waals surface area (Å²) in [6, 6.07) is 35.0. The molecule has 0 saturated heterocycles. The summed E-state index contributed by atoms with van der Waals surface area (Å²) in [5.41, 5.74) is 4.42. The number of thiophene rings is 1. The lowest BCUT2D eigenvalue weighted by Gasteiger charge is -2.11. The zero-order valence-corrected chi connectivity index (χ0v) is 19.4. The molecule has 3 heteroatoms. The van der Waals surface area contributed by atoms with Gasteiger partial charge in [-0.2, -0.15) is 0 Å². The highest BCUT2D eigenvalue weighted by Gasteiger charge is 2.18. The van der Waals surface area contributed by atoms with Gasteiger partial charge in [-0.3, -0.25) is 0 Å². The number of hydrogen-bond donors (Lipinski definition) is 0. The van der Waals surface area contributed by atoms with E-state index in [4.69, 9.17) is 4.42 Å². The number of nitrogens with zero attached hydrogens (tertiary/aromatic N) is 1. The molecule has 0 aliphatic carbocycles. The number of rotatable bonds is 0. The Kier molecular flexibility index (Phi) is 3.20. The SMILES string of the molecule is c1ccc2c(c1)cn1c2c2cc3c(cc2c2ccc4c5ccccc5sc4c21)oc1ccccc13. The first-order valence-corrected chi connectivity index (χ1v) is 12.7. The van der Waals surface area contributed by atoms with Crippen LogP contribution in [0.4, 0.5) is 0 Å². The standard InChI is InChI=1S/C32H17NOS/c1-2-8-19-18(7-1)17-33-30(19)26-15-25-20-9-3-5-11-27(20)34-28(25)16-24(26)22-13-14-23-21-10-4-6-12-29(21)35-32(23)31(22)33/h1-17H. The summed E-state index contributed by atoms with van der Waals surface area (Å²) in [5, 5.41) is 11.3. The van der Waals surface area contributed by atoms with Crippen molar-refractivity contribution in [3.05, 3.63) is 103 Å². The minimum Gasteiger partial charge on any atom is -0.456 e. The van der Waals surface area contributed by atoms with Crippen LogP contribution in [-0.4, -0.2) is 4.40 Å². The number of fused-ring (bicyclic) bond motifs is 15. The van der Waals surface area contributed by atoms with E-state index in [2.05, 4.69) is 102 Å². The van der Waals surface area contributed by atoms with E-state index in [-0.39, 0.29) is 0 Å². The largest absolute Gasteiger partial charge is 0.456 e. The molecule has 4 aromatic heterocycles. The Morgan fingerprint density at radius 2 is 1.29 bits per heavy atom. The van der Waals surface area contributed by atoms with Gasteiger partial charge in [0.2, 0.25) is 0 Å². The van der Waals surface area contributed by atoms with Crippen LogP contribution in [0.2, 0.25) is 0 Å². The topological polar surface area (TPSA) is 17.6 Å². The molecule has 0 radical (unpaired) electrons. The van der Waals surface area contributed by atoms with E-state index in [1.165, 1.54) is 68.9 Å². The average molecular weight is 464 g/mol. The fourth-order valence-electron chi connectivity index (χ4n) is 6.03. The van der Waals surface area contributed by atoms with Crippen LogP contribution in [0.15, 0.2) is 108 Å². The predicted octanol–water partition coefficient (Wildman–Crippen LogP) is 9.67. The van der Waals surface area contributed by atoms with Crippen molar-refractivity contribution in [3.8, 4) is 0 Å². The van der Waals surface area contributed by atoms with Gasteiger partial charge in [-0.15, -0.1) is 11.3 Å². The third-order valence-electron chi connectivity index (χ3n) is 7.55. The molecule has 162 valence electrons. The Bertz CT molecular complexity index is 2330. The van der Waals surface area contributed by atoms with Gasteiger partial charge in [-0.25, -0.2) is 0 Å². The van der Waals surface area contributed by atoms with Crippen molar-refractivity contribution in [2.24, 2.45) is 0 Å². The van der Waals surface area contributed by atoms with Gasteiger partial charge in [-0.05, 0) is 29.7 Å². The molecule has 9 aromatic rings. The molecule has 0 atom stereocenters. The quantitative estimate of drug-likeness (QED) is 0.205. The normalized spacial score (nSPS) is 12.6. The van der Waals surface area contributed by atoms with Crippen molar-refractivity contribution >= 4 is 91.4 Å². The Balaban J connectivity index is 1.62. The summed E-state index contributed by atoms with van der Waals surface area (Å²) in [6.45, 7) is 0. The van der Waals surface area contributed by atoms with Crippen LogP contribution in [0.25, 0.3) is 80.1 Å². The lowest BCUT2D eigenvalue weighted by molar-refractivity contribution is 0.669. The molecule has 0 bridgehead atoms. The Labute approximate surface area is 203 Å². The van der Waals surface area contributed by atoms with Crippen LogP contribution in [0.1, 0.15) is 0 Å². The first kappa shape index (κ1) is 18.0. The minimum absolute atomic E-state index is 0.935. The maximum absolute atomic E-state index is 6.32. The zero-order valence-electron chi connectivity index (χ0n) is 18.6. The smallest absolute Gasteiger partial charge is 0.136 e. The van der Waals surface area contributed by atoms with Gasteiger partial charge in [0.25, 0.3) is 0 Å². The second-order valence-corrected chi connectivity index (χ2v) is 10.4. The molecule has 9 rings (SSSR count). The number of hydrogen-bond acceptors (Lipinski definition) is 2. The van der Waals surface area contributed by atoms with E-state index in [0.717, 1.165) is 11.2 Å². The molecule has 0 aliphatic rings. The average Bonchev–Trinajstić information content (AvgIpc) is 3.58. The fraction of sp³-hybridized carbons (Fsp3) is 0. The van der Waals surface area contributed by atoms with E-state index in [1.807, 2.05) is 17.4 Å². The second kappa shape index (κ2) is 6.21. The number of pyridine rings is 1. The first-order valence-electron chi connectivity index (χ1n) is 11.9. The van der Waals surface area contributed by atoms with Crippen LogP contribution in [-0.2, 0) is 0 Å². The number of aromatic nitrogens is 1. The summed E-state index contributed by atoms with van der Waals surface area (Å²) >= 11 is 1.89. The molecular formula is C32H17NOS. The van der Waals surface area contributed by atoms with Crippen LogP contribution in [0, 0.1) is 0 Å². The van der Waals surface area contributed by atoms with Crippen molar-refractivity contribution in [2.75, 3.05) is 0 Å². The third-order valence-corrected chi connectivity index (χ3v) is 8.74. The molecule has 0 saturated carbocycles. The van der Waals surface area contributed by atoms with Gasteiger partial charge in [-0.1, -0.05) is 72.8 Å². The van der Waals surface area contributed by atoms with Crippen LogP contribution < -0.4 is 0 Å². The van der Waals surface area contributed by atoms with Gasteiger partial charge in [0.15, 0.2) is 0 Å². The van der Waals surface area contributed by atoms with E-state index in [1.54, 1.807) is 0 Å². The molecule has 0 fully saturated rings. The van der Waals surface area contributed by atoms with Gasteiger partial charge < -0.3 is 8.82 Å². The minimum atomic E-state index is 0.935. The molecular weight excluding hydrogens is 446 g/mol. The highest BCUT2D eigenvalue weighted by atomic mass is 32.1. The van der Waals surface area contributed by atoms with E-state index in [0.29, 0.717) is 0 Å². The van der Waals surface area contributed by atoms with Crippen LogP contribution in [0.5, 0.6) is 0 Å². The maximum Gasteiger partial charge on any atom is 0.136 e. The highest BCUT2D eigenvalue weighted by Crippen LogP contribution is 2.44. The molecule has 5 aromatic carbocycles. The van der Waals surface area contributed by atoms with Crippen molar-refractivity contribution in [3.63, 3.8) is 0 Å². The highest BCUT2D eigenvalue weighted by molar-refractivity contribution is 7.26. The molecule has 0 unspecified atom stereocenters. The van der Waals surface area contributed by atoms with E-state index >= 15 is 0 Å². The molecule has 4 heterocycles. The lowest BCUT2D eigenvalue weighted by Crippen LogP contribution is -1.90. The van der Waals surface area contributed by atoms with E-state index < -0.39 is 0 Å². The third kappa shape index (κ3) is 2.20. The van der Waals surface area contributed by atoms with Crippen LogP contribution in [0.3, 0.4) is 0 Å². The second-order valence-electron chi connectivity index (χ2n) is 9.36. The predicted molar refractivity (Wildman–Crippen MR) is 150 cm³/mol. The monoisotopic (exact) mass is 463 g/mol. The van der Waals surface area contributed by atoms with Gasteiger partial charge in [0.1, 0.15) is 11.2 Å². The summed E-state index contributed by atoms with van der Waals surface area (Å²) in [5.74, 6) is 0. The lowest BCUT2D eigenvalue weighted by atomic mass is 9.99. The molecule has 2 nitrogen and oxygen atoms in total. The van der Waals surface area contributed by atoms with E-state index in [9.17, 15) is 0 Å². The Morgan fingerprint density at radius 1 is 0.514 bits per heavy atom. The summed E-state index contributed by atoms with van der Waals surface area (Å²) in [6.07, 6.45) is 2.31. The zero-order chi connectivity index (χ0) is 22.7. The number of benzene rings is 5. The van der Waals surface area contributed by atoms with Crippen molar-refractivity contribution in [2.45, 2.75) is 0 Å². The summed E-state index contributed by atoms with van der Waals surface area (Å²) < 4.78 is 11.4. The number of para-hydroxylation sites is 1. The van der Waals surface area contributed by atoms with Gasteiger partial charge in [0, 0.05) is 54.0 Å². The molecule has 0 amide bonds. The first-order chi connectivity index (χ1) is 17.3. The number of furan rings is 1. The summed E-state index contributed by atoms with van der Waals surface area (Å²) in [7, 11) is 0. The Morgan fingerprint density at radius 3 is 2.23 bits per heavy atom. The summed E-state index contributed by atoms with van der Waals surface area (Å²) in [4.78, 5) is 0. The van der Waals surface area contributed by atoms with Crippen molar-refractivity contribution in [1.82, 2.24) is 4.40 Å².